The van der Waals surface area contributed by atoms with Gasteiger partial charge in [-0.2, -0.15) is 0 Å². The van der Waals surface area contributed by atoms with Crippen LogP contribution in [0.2, 0.25) is 0 Å². The fourth-order valence-corrected chi connectivity index (χ4v) is 1.89. The highest BCUT2D eigenvalue weighted by Crippen LogP contribution is 2.27. The van der Waals surface area contributed by atoms with Crippen LogP contribution in [0.1, 0.15) is 16.7 Å². The zero-order valence-corrected chi connectivity index (χ0v) is 10.9. The Morgan fingerprint density at radius 1 is 0.947 bits per heavy atom. The van der Waals surface area contributed by atoms with Gasteiger partial charge in [0.25, 0.3) is 0 Å². The molecule has 0 spiro atoms. The predicted molar refractivity (Wildman–Crippen MR) is 76.4 cm³/mol. The maximum atomic E-state index is 9.68. The summed E-state index contributed by atoms with van der Waals surface area (Å²) >= 11 is 0. The molecule has 0 unspecified atom stereocenters. The lowest BCUT2D eigenvalue weighted by Crippen LogP contribution is -1.83. The van der Waals surface area contributed by atoms with E-state index in [1.165, 1.54) is 7.11 Å². The Balaban J connectivity index is 2.24. The zero-order chi connectivity index (χ0) is 13.8. The summed E-state index contributed by atoms with van der Waals surface area (Å²) in [5.74, 6) is 0.805. The van der Waals surface area contributed by atoms with E-state index in [9.17, 15) is 10.2 Å². The van der Waals surface area contributed by atoms with Gasteiger partial charge in [0.1, 0.15) is 5.75 Å². The first-order valence-corrected chi connectivity index (χ1v) is 5.94. The minimum atomic E-state index is 0.108. The highest BCUT2D eigenvalue weighted by molar-refractivity contribution is 5.71. The zero-order valence-electron chi connectivity index (χ0n) is 10.9. The van der Waals surface area contributed by atoms with Crippen molar-refractivity contribution in [2.45, 2.75) is 6.92 Å². The van der Waals surface area contributed by atoms with Crippen LogP contribution in [0.3, 0.4) is 0 Å². The average molecular weight is 256 g/mol. The molecule has 2 aromatic rings. The van der Waals surface area contributed by atoms with Crippen LogP contribution in [0.5, 0.6) is 17.2 Å². The van der Waals surface area contributed by atoms with Gasteiger partial charge in [-0.05, 0) is 47.9 Å². The van der Waals surface area contributed by atoms with Crippen LogP contribution in [-0.4, -0.2) is 17.3 Å². The molecule has 0 aromatic heterocycles. The van der Waals surface area contributed by atoms with Gasteiger partial charge in [0, 0.05) is 0 Å². The van der Waals surface area contributed by atoms with E-state index in [0.717, 1.165) is 16.7 Å². The third-order valence-corrected chi connectivity index (χ3v) is 2.76. The standard InChI is InChI=1S/C16H16O3/c1-11-7-13(9-14(17)8-11)4-3-12-5-6-16(19-2)15(18)10-12/h3-10,17-18H,1-2H3/b4-3+. The second-order valence-electron chi connectivity index (χ2n) is 4.37. The summed E-state index contributed by atoms with van der Waals surface area (Å²) in [6.07, 6.45) is 3.75. The smallest absolute Gasteiger partial charge is 0.160 e. The van der Waals surface area contributed by atoms with Crippen LogP contribution < -0.4 is 4.74 Å². The van der Waals surface area contributed by atoms with E-state index in [0.29, 0.717) is 5.75 Å². The molecule has 0 saturated carbocycles. The molecule has 2 rings (SSSR count). The number of phenolic OH excluding ortho intramolecular Hbond substituents is 2. The van der Waals surface area contributed by atoms with Crippen molar-refractivity contribution in [1.82, 2.24) is 0 Å². The summed E-state index contributed by atoms with van der Waals surface area (Å²) in [6.45, 7) is 1.93. The van der Waals surface area contributed by atoms with E-state index in [-0.39, 0.29) is 11.5 Å². The van der Waals surface area contributed by atoms with Crippen LogP contribution in [-0.2, 0) is 0 Å². The lowest BCUT2D eigenvalue weighted by Gasteiger charge is -2.03. The quantitative estimate of drug-likeness (QED) is 0.825. The van der Waals surface area contributed by atoms with Gasteiger partial charge >= 0.3 is 0 Å². The molecule has 0 aliphatic heterocycles. The van der Waals surface area contributed by atoms with E-state index in [1.807, 2.05) is 31.2 Å². The highest BCUT2D eigenvalue weighted by atomic mass is 16.5. The van der Waals surface area contributed by atoms with E-state index in [2.05, 4.69) is 0 Å². The SMILES string of the molecule is COc1ccc(/C=C/c2cc(C)cc(O)c2)cc1O. The summed E-state index contributed by atoms with van der Waals surface area (Å²) in [7, 11) is 1.51. The molecular formula is C16H16O3. The van der Waals surface area contributed by atoms with E-state index < -0.39 is 0 Å². The van der Waals surface area contributed by atoms with Crippen LogP contribution in [0.15, 0.2) is 36.4 Å². The second kappa shape index (κ2) is 5.48. The molecule has 0 atom stereocenters. The highest BCUT2D eigenvalue weighted by Gasteiger charge is 2.00. The minimum Gasteiger partial charge on any atom is -0.508 e. The second-order valence-corrected chi connectivity index (χ2v) is 4.37. The van der Waals surface area contributed by atoms with Gasteiger partial charge in [-0.15, -0.1) is 0 Å². The molecular weight excluding hydrogens is 240 g/mol. The van der Waals surface area contributed by atoms with Crippen molar-refractivity contribution in [3.63, 3.8) is 0 Å². The van der Waals surface area contributed by atoms with Gasteiger partial charge in [-0.3, -0.25) is 0 Å². The summed E-state index contributed by atoms with van der Waals surface area (Å²) < 4.78 is 4.99. The lowest BCUT2D eigenvalue weighted by atomic mass is 10.1. The number of phenols is 2. The number of hydrogen-bond acceptors (Lipinski definition) is 3. The van der Waals surface area contributed by atoms with E-state index >= 15 is 0 Å². The Bertz CT molecular complexity index is 595. The predicted octanol–water partition coefficient (Wildman–Crippen LogP) is 3.59. The number of benzene rings is 2. The topological polar surface area (TPSA) is 49.7 Å². The molecule has 3 nitrogen and oxygen atoms in total. The van der Waals surface area contributed by atoms with Crippen LogP contribution in [0, 0.1) is 6.92 Å². The number of aromatic hydroxyl groups is 2. The first kappa shape index (κ1) is 13.0. The third kappa shape index (κ3) is 3.28. The van der Waals surface area contributed by atoms with E-state index in [4.69, 9.17) is 4.74 Å². The van der Waals surface area contributed by atoms with Crippen molar-refractivity contribution in [2.24, 2.45) is 0 Å². The molecule has 0 fully saturated rings. The molecule has 0 saturated heterocycles. The molecule has 2 aromatic carbocycles. The Labute approximate surface area is 112 Å². The third-order valence-electron chi connectivity index (χ3n) is 2.76. The Kier molecular flexibility index (Phi) is 3.76. The van der Waals surface area contributed by atoms with Crippen LogP contribution >= 0.6 is 0 Å². The van der Waals surface area contributed by atoms with Crippen molar-refractivity contribution >= 4 is 12.2 Å². The van der Waals surface area contributed by atoms with Crippen molar-refractivity contribution in [1.29, 1.82) is 0 Å². The molecule has 0 aliphatic rings. The van der Waals surface area contributed by atoms with Gasteiger partial charge in [0.05, 0.1) is 7.11 Å². The molecule has 0 amide bonds. The molecule has 0 radical (unpaired) electrons. The number of ether oxygens (including phenoxy) is 1. The van der Waals surface area contributed by atoms with Crippen molar-refractivity contribution in [2.75, 3.05) is 7.11 Å². The first-order chi connectivity index (χ1) is 9.08. The number of aryl methyl sites for hydroxylation is 1. The van der Waals surface area contributed by atoms with E-state index in [1.54, 1.807) is 24.3 Å². The number of hydrogen-bond donors (Lipinski definition) is 2. The molecule has 3 heteroatoms. The Morgan fingerprint density at radius 3 is 2.32 bits per heavy atom. The Morgan fingerprint density at radius 2 is 1.68 bits per heavy atom. The average Bonchev–Trinajstić information content (AvgIpc) is 2.35. The fourth-order valence-electron chi connectivity index (χ4n) is 1.89. The molecule has 0 aliphatic carbocycles. The maximum Gasteiger partial charge on any atom is 0.160 e. The molecule has 2 N–H and O–H groups in total. The van der Waals surface area contributed by atoms with Crippen molar-refractivity contribution in [3.8, 4) is 17.2 Å². The van der Waals surface area contributed by atoms with Gasteiger partial charge in [0.2, 0.25) is 0 Å². The first-order valence-electron chi connectivity index (χ1n) is 5.94. The van der Waals surface area contributed by atoms with Gasteiger partial charge in [-0.25, -0.2) is 0 Å². The summed E-state index contributed by atoms with van der Waals surface area (Å²) in [6, 6.07) is 10.6. The summed E-state index contributed by atoms with van der Waals surface area (Å²) in [5.41, 5.74) is 2.77. The summed E-state index contributed by atoms with van der Waals surface area (Å²) in [5, 5.41) is 19.2. The van der Waals surface area contributed by atoms with Gasteiger partial charge in [0.15, 0.2) is 11.5 Å². The fraction of sp³-hybridized carbons (Fsp3) is 0.125. The largest absolute Gasteiger partial charge is 0.508 e. The monoisotopic (exact) mass is 256 g/mol. The molecule has 98 valence electrons. The van der Waals surface area contributed by atoms with Crippen LogP contribution in [0.4, 0.5) is 0 Å². The lowest BCUT2D eigenvalue weighted by molar-refractivity contribution is 0.373. The van der Waals surface area contributed by atoms with Gasteiger partial charge in [-0.1, -0.05) is 24.3 Å². The molecule has 0 bridgehead atoms. The number of methoxy groups -OCH3 is 1. The van der Waals surface area contributed by atoms with Crippen molar-refractivity contribution < 1.29 is 14.9 Å². The summed E-state index contributed by atoms with van der Waals surface area (Å²) in [4.78, 5) is 0. The normalized spacial score (nSPS) is 10.8. The molecule has 19 heavy (non-hydrogen) atoms. The number of rotatable bonds is 3. The minimum absolute atomic E-state index is 0.108. The Hall–Kier alpha value is -2.42. The van der Waals surface area contributed by atoms with Crippen molar-refractivity contribution in [3.05, 3.63) is 53.1 Å². The van der Waals surface area contributed by atoms with Gasteiger partial charge < -0.3 is 14.9 Å². The van der Waals surface area contributed by atoms with Crippen LogP contribution in [0.25, 0.3) is 12.2 Å². The maximum absolute atomic E-state index is 9.68. The molecule has 0 heterocycles.